The maximum Gasteiger partial charge on any atom is 0.293 e. The number of halogens is 2. The third-order valence-electron chi connectivity index (χ3n) is 1.71. The highest BCUT2D eigenvalue weighted by molar-refractivity contribution is 7.14. The molecular formula is C9H6Cl2N2O2S. The predicted octanol–water partition coefficient (Wildman–Crippen LogP) is 3.38. The van der Waals surface area contributed by atoms with E-state index in [1.807, 2.05) is 0 Å². The molecule has 0 saturated carbocycles. The van der Waals surface area contributed by atoms with Gasteiger partial charge in [0.05, 0.1) is 11.6 Å². The van der Waals surface area contributed by atoms with Gasteiger partial charge in [-0.15, -0.1) is 22.9 Å². The molecule has 84 valence electrons. The number of hydrogen-bond donors (Lipinski definition) is 1. The van der Waals surface area contributed by atoms with Crippen molar-refractivity contribution in [1.29, 1.82) is 0 Å². The molecule has 16 heavy (non-hydrogen) atoms. The zero-order chi connectivity index (χ0) is 11.5. The first kappa shape index (κ1) is 11.4. The average Bonchev–Trinajstić information content (AvgIpc) is 2.87. The second-order valence-corrected chi connectivity index (χ2v) is 4.33. The van der Waals surface area contributed by atoms with Crippen molar-refractivity contribution < 1.29 is 9.21 Å². The number of nitrogens with one attached hydrogen (secondary N) is 1. The highest BCUT2D eigenvalue weighted by Crippen LogP contribution is 2.19. The second kappa shape index (κ2) is 4.86. The maximum absolute atomic E-state index is 11.6. The Labute approximate surface area is 105 Å². The first-order valence-electron chi connectivity index (χ1n) is 4.26. The highest BCUT2D eigenvalue weighted by Gasteiger charge is 2.12. The van der Waals surface area contributed by atoms with E-state index in [4.69, 9.17) is 27.6 Å². The summed E-state index contributed by atoms with van der Waals surface area (Å²) in [5, 5.41) is 5.01. The Kier molecular flexibility index (Phi) is 3.48. The quantitative estimate of drug-likeness (QED) is 0.875. The third-order valence-corrected chi connectivity index (χ3v) is 2.99. The number of carbonyl (C=O) groups excluding carboxylic acids is 1. The zero-order valence-corrected chi connectivity index (χ0v) is 10.2. The predicted molar refractivity (Wildman–Crippen MR) is 63.3 cm³/mol. The molecular weight excluding hydrogens is 271 g/mol. The summed E-state index contributed by atoms with van der Waals surface area (Å²) in [6.45, 7) is 0. The van der Waals surface area contributed by atoms with Gasteiger partial charge >= 0.3 is 0 Å². The van der Waals surface area contributed by atoms with Crippen LogP contribution < -0.4 is 5.32 Å². The molecule has 0 atom stereocenters. The summed E-state index contributed by atoms with van der Waals surface area (Å²) in [7, 11) is 0. The number of anilines is 1. The smallest absolute Gasteiger partial charge is 0.293 e. The Morgan fingerprint density at radius 3 is 2.94 bits per heavy atom. The normalized spacial score (nSPS) is 10.4. The number of thiazole rings is 1. The summed E-state index contributed by atoms with van der Waals surface area (Å²) < 4.78 is 4.95. The van der Waals surface area contributed by atoms with Gasteiger partial charge in [-0.25, -0.2) is 4.98 Å². The van der Waals surface area contributed by atoms with Crippen LogP contribution in [0.5, 0.6) is 0 Å². The van der Waals surface area contributed by atoms with Crippen molar-refractivity contribution in [2.45, 2.75) is 5.88 Å². The molecule has 0 aromatic carbocycles. The fraction of sp³-hybridized carbons (Fsp3) is 0.111. The lowest BCUT2D eigenvalue weighted by atomic mass is 10.4. The van der Waals surface area contributed by atoms with Gasteiger partial charge in [-0.05, 0) is 23.7 Å². The van der Waals surface area contributed by atoms with E-state index in [-0.39, 0.29) is 16.9 Å². The molecule has 1 N–H and O–H groups in total. The van der Waals surface area contributed by atoms with E-state index in [2.05, 4.69) is 10.3 Å². The van der Waals surface area contributed by atoms with Gasteiger partial charge in [0, 0.05) is 5.38 Å². The minimum Gasteiger partial charge on any atom is -0.440 e. The van der Waals surface area contributed by atoms with Gasteiger partial charge in [0.2, 0.25) is 0 Å². The number of furan rings is 1. The van der Waals surface area contributed by atoms with Crippen molar-refractivity contribution >= 4 is 45.6 Å². The molecule has 2 heterocycles. The van der Waals surface area contributed by atoms with Crippen LogP contribution in [0.1, 0.15) is 16.2 Å². The summed E-state index contributed by atoms with van der Waals surface area (Å²) >= 11 is 12.5. The standard InChI is InChI=1S/C9H6Cl2N2O2S/c10-3-5-4-16-9(12-5)13-8(14)6-1-2-7(11)15-6/h1-2,4H,3H2,(H,12,13,14). The van der Waals surface area contributed by atoms with Crippen molar-refractivity contribution in [2.24, 2.45) is 0 Å². The molecule has 0 radical (unpaired) electrons. The molecule has 0 aliphatic rings. The summed E-state index contributed by atoms with van der Waals surface area (Å²) in [6.07, 6.45) is 0. The van der Waals surface area contributed by atoms with E-state index in [0.29, 0.717) is 11.0 Å². The number of alkyl halides is 1. The molecule has 7 heteroatoms. The topological polar surface area (TPSA) is 55.1 Å². The van der Waals surface area contributed by atoms with Crippen molar-refractivity contribution in [3.05, 3.63) is 34.2 Å². The SMILES string of the molecule is O=C(Nc1nc(CCl)cs1)c1ccc(Cl)o1. The van der Waals surface area contributed by atoms with E-state index in [1.54, 1.807) is 5.38 Å². The lowest BCUT2D eigenvalue weighted by Crippen LogP contribution is -2.10. The number of amides is 1. The average molecular weight is 277 g/mol. The maximum atomic E-state index is 11.6. The molecule has 0 bridgehead atoms. The van der Waals surface area contributed by atoms with Crippen LogP contribution in [-0.2, 0) is 5.88 Å². The first-order chi connectivity index (χ1) is 7.69. The molecule has 0 aliphatic heterocycles. The Morgan fingerprint density at radius 1 is 1.56 bits per heavy atom. The molecule has 2 rings (SSSR count). The van der Waals surface area contributed by atoms with Crippen LogP contribution in [0.25, 0.3) is 0 Å². The van der Waals surface area contributed by atoms with E-state index in [1.165, 1.54) is 23.5 Å². The molecule has 0 aliphatic carbocycles. The Balaban J connectivity index is 2.07. The summed E-state index contributed by atoms with van der Waals surface area (Å²) in [4.78, 5) is 15.7. The van der Waals surface area contributed by atoms with Gasteiger partial charge in [-0.2, -0.15) is 0 Å². The fourth-order valence-corrected chi connectivity index (χ4v) is 2.10. The molecule has 1 amide bonds. The van der Waals surface area contributed by atoms with E-state index >= 15 is 0 Å². The highest BCUT2D eigenvalue weighted by atomic mass is 35.5. The molecule has 0 saturated heterocycles. The zero-order valence-electron chi connectivity index (χ0n) is 7.87. The minimum atomic E-state index is -0.387. The van der Waals surface area contributed by atoms with Crippen LogP contribution in [0.4, 0.5) is 5.13 Å². The van der Waals surface area contributed by atoms with Gasteiger partial charge in [-0.1, -0.05) is 0 Å². The molecule has 0 spiro atoms. The van der Waals surface area contributed by atoms with Gasteiger partial charge in [0.1, 0.15) is 0 Å². The van der Waals surface area contributed by atoms with Gasteiger partial charge in [0.15, 0.2) is 16.1 Å². The monoisotopic (exact) mass is 276 g/mol. The number of aromatic nitrogens is 1. The number of nitrogens with zero attached hydrogens (tertiary/aromatic N) is 1. The fourth-order valence-electron chi connectivity index (χ4n) is 1.02. The van der Waals surface area contributed by atoms with E-state index in [9.17, 15) is 4.79 Å². The third kappa shape index (κ3) is 2.55. The lowest BCUT2D eigenvalue weighted by Gasteiger charge is -1.96. The summed E-state index contributed by atoms with van der Waals surface area (Å²) in [5.41, 5.74) is 0.722. The van der Waals surface area contributed by atoms with Crippen molar-refractivity contribution in [2.75, 3.05) is 5.32 Å². The van der Waals surface area contributed by atoms with Crippen LogP contribution in [0.3, 0.4) is 0 Å². The van der Waals surface area contributed by atoms with E-state index in [0.717, 1.165) is 5.69 Å². The molecule has 2 aromatic heterocycles. The van der Waals surface area contributed by atoms with Gasteiger partial charge < -0.3 is 4.42 Å². The molecule has 2 aromatic rings. The second-order valence-electron chi connectivity index (χ2n) is 2.84. The van der Waals surface area contributed by atoms with Crippen molar-refractivity contribution in [3.8, 4) is 0 Å². The largest absolute Gasteiger partial charge is 0.440 e. The Bertz CT molecular complexity index is 509. The molecule has 0 fully saturated rings. The van der Waals surface area contributed by atoms with Crippen LogP contribution in [0.15, 0.2) is 21.9 Å². The van der Waals surface area contributed by atoms with Crippen LogP contribution in [-0.4, -0.2) is 10.9 Å². The minimum absolute atomic E-state index is 0.146. The van der Waals surface area contributed by atoms with E-state index < -0.39 is 0 Å². The molecule has 0 unspecified atom stereocenters. The van der Waals surface area contributed by atoms with Crippen LogP contribution >= 0.6 is 34.5 Å². The van der Waals surface area contributed by atoms with Crippen LogP contribution in [0, 0.1) is 0 Å². The first-order valence-corrected chi connectivity index (χ1v) is 6.05. The lowest BCUT2D eigenvalue weighted by molar-refractivity contribution is 0.0997. The Hall–Kier alpha value is -1.04. The summed E-state index contributed by atoms with van der Waals surface area (Å²) in [6, 6.07) is 3.00. The van der Waals surface area contributed by atoms with Crippen molar-refractivity contribution in [1.82, 2.24) is 4.98 Å². The van der Waals surface area contributed by atoms with Crippen LogP contribution in [0.2, 0.25) is 5.22 Å². The number of rotatable bonds is 3. The van der Waals surface area contributed by atoms with Crippen molar-refractivity contribution in [3.63, 3.8) is 0 Å². The molecule has 4 nitrogen and oxygen atoms in total. The number of hydrogen-bond acceptors (Lipinski definition) is 4. The number of carbonyl (C=O) groups is 1. The summed E-state index contributed by atoms with van der Waals surface area (Å²) in [5.74, 6) is 0.0777. The van der Waals surface area contributed by atoms with Gasteiger partial charge in [-0.3, -0.25) is 10.1 Å². The van der Waals surface area contributed by atoms with Gasteiger partial charge in [0.25, 0.3) is 5.91 Å². The Morgan fingerprint density at radius 2 is 2.38 bits per heavy atom.